The molecule has 2 aliphatic heterocycles. The topological polar surface area (TPSA) is 64.6 Å². The van der Waals surface area contributed by atoms with Gasteiger partial charge in [0.1, 0.15) is 0 Å². The summed E-state index contributed by atoms with van der Waals surface area (Å²) in [7, 11) is 0. The number of nitrogens with zero attached hydrogens (tertiary/aromatic N) is 3. The van der Waals surface area contributed by atoms with Crippen LogP contribution in [0.4, 0.5) is 0 Å². The number of rotatable bonds is 2. The maximum atomic E-state index is 12.9. The minimum atomic E-state index is 0.0116. The van der Waals surface area contributed by atoms with E-state index in [1.807, 2.05) is 30.0 Å². The van der Waals surface area contributed by atoms with Gasteiger partial charge in [0.25, 0.3) is 5.91 Å². The van der Waals surface area contributed by atoms with Crippen molar-refractivity contribution >= 4 is 5.91 Å². The number of hydrogen-bond donors (Lipinski definition) is 0. The largest absolute Gasteiger partial charge is 0.454 e. The Morgan fingerprint density at radius 1 is 1.26 bits per heavy atom. The normalized spacial score (nSPS) is 19.2. The molecule has 2 aliphatic rings. The first-order chi connectivity index (χ1) is 11.2. The zero-order valence-corrected chi connectivity index (χ0v) is 12.9. The fraction of sp³-hybridized carbons (Fsp3) is 0.353. The second-order valence-electron chi connectivity index (χ2n) is 5.80. The first kappa shape index (κ1) is 14.0. The van der Waals surface area contributed by atoms with Gasteiger partial charge >= 0.3 is 0 Å². The molecule has 0 spiro atoms. The fourth-order valence-corrected chi connectivity index (χ4v) is 3.26. The van der Waals surface area contributed by atoms with Gasteiger partial charge in [-0.3, -0.25) is 4.79 Å². The van der Waals surface area contributed by atoms with Crippen LogP contribution < -0.4 is 9.47 Å². The Bertz CT molecular complexity index is 762. The Balaban J connectivity index is 1.64. The molecule has 1 aromatic carbocycles. The highest BCUT2D eigenvalue weighted by atomic mass is 16.7. The second-order valence-corrected chi connectivity index (χ2v) is 5.80. The van der Waals surface area contributed by atoms with Gasteiger partial charge in [0.2, 0.25) is 6.79 Å². The van der Waals surface area contributed by atoms with Crippen molar-refractivity contribution in [3.63, 3.8) is 0 Å². The predicted octanol–water partition coefficient (Wildman–Crippen LogP) is 2.49. The van der Waals surface area contributed by atoms with Gasteiger partial charge in [-0.2, -0.15) is 10.2 Å². The van der Waals surface area contributed by atoms with Gasteiger partial charge in [0, 0.05) is 6.54 Å². The summed E-state index contributed by atoms with van der Waals surface area (Å²) in [5.74, 6) is 1.53. The molecule has 23 heavy (non-hydrogen) atoms. The average Bonchev–Trinajstić information content (AvgIpc) is 3.23. The van der Waals surface area contributed by atoms with Crippen LogP contribution in [0.3, 0.4) is 0 Å². The standard InChI is InChI=1S/C17H17N3O3/c1-11-13(6-7-18-19-11)17(21)20-8-2-3-14(20)12-4-5-15-16(9-12)23-10-22-15/h4-7,9,14H,2-3,8,10H2,1H3. The number of ether oxygens (including phenoxy) is 2. The van der Waals surface area contributed by atoms with Crippen molar-refractivity contribution in [2.24, 2.45) is 0 Å². The minimum absolute atomic E-state index is 0.0116. The summed E-state index contributed by atoms with van der Waals surface area (Å²) in [6.45, 7) is 2.82. The van der Waals surface area contributed by atoms with Crippen molar-refractivity contribution in [1.82, 2.24) is 15.1 Å². The quantitative estimate of drug-likeness (QED) is 0.852. The van der Waals surface area contributed by atoms with Gasteiger partial charge < -0.3 is 14.4 Å². The highest BCUT2D eigenvalue weighted by Crippen LogP contribution is 2.39. The van der Waals surface area contributed by atoms with E-state index in [9.17, 15) is 4.79 Å². The van der Waals surface area contributed by atoms with E-state index in [-0.39, 0.29) is 18.7 Å². The number of hydrogen-bond acceptors (Lipinski definition) is 5. The molecule has 0 bridgehead atoms. The monoisotopic (exact) mass is 311 g/mol. The highest BCUT2D eigenvalue weighted by molar-refractivity contribution is 5.95. The molecule has 1 saturated heterocycles. The Kier molecular flexibility index (Phi) is 3.37. The maximum absolute atomic E-state index is 12.9. The minimum Gasteiger partial charge on any atom is -0.454 e. The lowest BCUT2D eigenvalue weighted by Gasteiger charge is -2.25. The van der Waals surface area contributed by atoms with E-state index in [1.165, 1.54) is 0 Å². The Labute approximate surface area is 134 Å². The predicted molar refractivity (Wildman–Crippen MR) is 82.3 cm³/mol. The molecule has 1 amide bonds. The van der Waals surface area contributed by atoms with E-state index < -0.39 is 0 Å². The van der Waals surface area contributed by atoms with Crippen molar-refractivity contribution in [2.75, 3.05) is 13.3 Å². The zero-order valence-electron chi connectivity index (χ0n) is 12.9. The Morgan fingerprint density at radius 2 is 2.13 bits per heavy atom. The van der Waals surface area contributed by atoms with E-state index in [4.69, 9.17) is 9.47 Å². The van der Waals surface area contributed by atoms with Crippen LogP contribution in [-0.2, 0) is 0 Å². The molecule has 1 unspecified atom stereocenters. The van der Waals surface area contributed by atoms with Crippen LogP contribution in [0.15, 0.2) is 30.5 Å². The van der Waals surface area contributed by atoms with Gasteiger partial charge in [-0.1, -0.05) is 6.07 Å². The summed E-state index contributed by atoms with van der Waals surface area (Å²) in [4.78, 5) is 14.8. The molecule has 0 radical (unpaired) electrons. The molecule has 1 atom stereocenters. The molecule has 1 aromatic heterocycles. The SMILES string of the molecule is Cc1nnccc1C(=O)N1CCCC1c1ccc2c(c1)OCO2. The molecule has 1 fully saturated rings. The number of amides is 1. The molecule has 3 heterocycles. The molecular weight excluding hydrogens is 294 g/mol. The fourth-order valence-electron chi connectivity index (χ4n) is 3.26. The Morgan fingerprint density at radius 3 is 3.00 bits per heavy atom. The summed E-state index contributed by atoms with van der Waals surface area (Å²) >= 11 is 0. The maximum Gasteiger partial charge on any atom is 0.256 e. The van der Waals surface area contributed by atoms with E-state index >= 15 is 0 Å². The molecule has 0 saturated carbocycles. The van der Waals surface area contributed by atoms with Crippen molar-refractivity contribution < 1.29 is 14.3 Å². The summed E-state index contributed by atoms with van der Waals surface area (Å²) < 4.78 is 10.8. The number of carbonyl (C=O) groups is 1. The molecule has 2 aromatic rings. The molecule has 118 valence electrons. The number of likely N-dealkylation sites (tertiary alicyclic amines) is 1. The number of fused-ring (bicyclic) bond motifs is 1. The van der Waals surface area contributed by atoms with Crippen LogP contribution in [0.5, 0.6) is 11.5 Å². The van der Waals surface area contributed by atoms with Crippen LogP contribution in [0.25, 0.3) is 0 Å². The second kappa shape index (κ2) is 5.53. The number of aryl methyl sites for hydroxylation is 1. The van der Waals surface area contributed by atoms with E-state index in [1.54, 1.807) is 12.3 Å². The highest BCUT2D eigenvalue weighted by Gasteiger charge is 2.32. The van der Waals surface area contributed by atoms with Crippen LogP contribution in [0, 0.1) is 6.92 Å². The first-order valence-corrected chi connectivity index (χ1v) is 7.73. The Hall–Kier alpha value is -2.63. The van der Waals surface area contributed by atoms with Gasteiger partial charge in [0.15, 0.2) is 11.5 Å². The summed E-state index contributed by atoms with van der Waals surface area (Å²) in [6.07, 6.45) is 3.50. The summed E-state index contributed by atoms with van der Waals surface area (Å²) in [6, 6.07) is 7.71. The van der Waals surface area contributed by atoms with Crippen molar-refractivity contribution in [1.29, 1.82) is 0 Å². The molecule has 0 aliphatic carbocycles. The molecule has 4 rings (SSSR count). The van der Waals surface area contributed by atoms with E-state index in [0.29, 0.717) is 11.3 Å². The van der Waals surface area contributed by atoms with Gasteiger partial charge in [0.05, 0.1) is 23.5 Å². The molecule has 6 heteroatoms. The number of aromatic nitrogens is 2. The van der Waals surface area contributed by atoms with Crippen LogP contribution >= 0.6 is 0 Å². The van der Waals surface area contributed by atoms with Crippen molar-refractivity contribution in [3.8, 4) is 11.5 Å². The first-order valence-electron chi connectivity index (χ1n) is 7.73. The average molecular weight is 311 g/mol. The van der Waals surface area contributed by atoms with Crippen molar-refractivity contribution in [3.05, 3.63) is 47.3 Å². The van der Waals surface area contributed by atoms with Gasteiger partial charge in [-0.05, 0) is 43.5 Å². The number of carbonyl (C=O) groups excluding carboxylic acids is 1. The smallest absolute Gasteiger partial charge is 0.256 e. The third-order valence-electron chi connectivity index (χ3n) is 4.43. The zero-order chi connectivity index (χ0) is 15.8. The van der Waals surface area contributed by atoms with Crippen LogP contribution in [-0.4, -0.2) is 34.3 Å². The summed E-state index contributed by atoms with van der Waals surface area (Å²) in [5.41, 5.74) is 2.36. The van der Waals surface area contributed by atoms with Gasteiger partial charge in [-0.15, -0.1) is 0 Å². The molecule has 0 N–H and O–H groups in total. The molecule has 6 nitrogen and oxygen atoms in total. The molecular formula is C17H17N3O3. The van der Waals surface area contributed by atoms with Gasteiger partial charge in [-0.25, -0.2) is 0 Å². The lowest BCUT2D eigenvalue weighted by atomic mass is 10.0. The summed E-state index contributed by atoms with van der Waals surface area (Å²) in [5, 5.41) is 7.80. The third kappa shape index (κ3) is 2.40. The van der Waals surface area contributed by atoms with Crippen LogP contribution in [0.1, 0.15) is 40.5 Å². The lowest BCUT2D eigenvalue weighted by molar-refractivity contribution is 0.0734. The van der Waals surface area contributed by atoms with E-state index in [2.05, 4.69) is 10.2 Å². The van der Waals surface area contributed by atoms with E-state index in [0.717, 1.165) is 36.4 Å². The lowest BCUT2D eigenvalue weighted by Crippen LogP contribution is -2.31. The third-order valence-corrected chi connectivity index (χ3v) is 4.43. The van der Waals surface area contributed by atoms with Crippen LogP contribution in [0.2, 0.25) is 0 Å². The van der Waals surface area contributed by atoms with Crippen molar-refractivity contribution in [2.45, 2.75) is 25.8 Å². The number of benzene rings is 1.